The fourth-order valence-electron chi connectivity index (χ4n) is 2.17. The van der Waals surface area contributed by atoms with E-state index in [0.717, 1.165) is 35.8 Å². The van der Waals surface area contributed by atoms with Crippen LogP contribution in [0.3, 0.4) is 0 Å². The van der Waals surface area contributed by atoms with Gasteiger partial charge >= 0.3 is 0 Å². The molecule has 1 aromatic rings. The smallest absolute Gasteiger partial charge is 0.0696 e. The molecule has 0 amide bonds. The standard InChI is InChI=1S/C12H16Cl2OS/c1-2-15-9-5-8(6-9)7-11(14)12-10(13)3-4-16-12/h3-4,8-9,11H,2,5-7H2,1H3. The highest BCUT2D eigenvalue weighted by Crippen LogP contribution is 2.42. The molecular weight excluding hydrogens is 263 g/mol. The summed E-state index contributed by atoms with van der Waals surface area (Å²) in [5.74, 6) is 0.706. The zero-order valence-corrected chi connectivity index (χ0v) is 11.6. The Labute approximate surface area is 111 Å². The minimum Gasteiger partial charge on any atom is -0.378 e. The average molecular weight is 279 g/mol. The summed E-state index contributed by atoms with van der Waals surface area (Å²) in [6, 6.07) is 1.92. The van der Waals surface area contributed by atoms with Crippen LogP contribution in [0.1, 0.15) is 36.4 Å². The minimum atomic E-state index is 0.0695. The van der Waals surface area contributed by atoms with E-state index in [0.29, 0.717) is 12.0 Å². The van der Waals surface area contributed by atoms with Crippen molar-refractivity contribution in [2.24, 2.45) is 5.92 Å². The normalized spacial score (nSPS) is 26.4. The minimum absolute atomic E-state index is 0.0695. The van der Waals surface area contributed by atoms with E-state index >= 15 is 0 Å². The SMILES string of the molecule is CCOC1CC(CC(Cl)c2sccc2Cl)C1. The monoisotopic (exact) mass is 278 g/mol. The van der Waals surface area contributed by atoms with Crippen LogP contribution in [0.15, 0.2) is 11.4 Å². The number of hydrogen-bond donors (Lipinski definition) is 0. The van der Waals surface area contributed by atoms with E-state index in [1.807, 2.05) is 18.4 Å². The summed E-state index contributed by atoms with van der Waals surface area (Å²) < 4.78 is 5.54. The maximum Gasteiger partial charge on any atom is 0.0696 e. The third-order valence-electron chi connectivity index (χ3n) is 3.06. The van der Waals surface area contributed by atoms with Crippen LogP contribution in [0.2, 0.25) is 5.02 Å². The van der Waals surface area contributed by atoms with Crippen LogP contribution in [0, 0.1) is 5.92 Å². The molecule has 1 aliphatic rings. The number of rotatable bonds is 5. The fraction of sp³-hybridized carbons (Fsp3) is 0.667. The highest BCUT2D eigenvalue weighted by molar-refractivity contribution is 7.11. The van der Waals surface area contributed by atoms with Gasteiger partial charge in [-0.2, -0.15) is 0 Å². The molecule has 0 bridgehead atoms. The lowest BCUT2D eigenvalue weighted by Gasteiger charge is -2.35. The summed E-state index contributed by atoms with van der Waals surface area (Å²) in [6.45, 7) is 2.86. The van der Waals surface area contributed by atoms with Crippen LogP contribution in [0.4, 0.5) is 0 Å². The molecule has 16 heavy (non-hydrogen) atoms. The fourth-order valence-corrected chi connectivity index (χ4v) is 3.93. The van der Waals surface area contributed by atoms with Crippen molar-refractivity contribution in [1.29, 1.82) is 0 Å². The Kier molecular flexibility index (Phi) is 4.54. The highest BCUT2D eigenvalue weighted by Gasteiger charge is 2.31. The molecule has 0 saturated heterocycles. The number of ether oxygens (including phenoxy) is 1. The number of alkyl halides is 1. The predicted octanol–water partition coefficient (Wildman–Crippen LogP) is 4.89. The first-order valence-electron chi connectivity index (χ1n) is 5.69. The van der Waals surface area contributed by atoms with Crippen molar-refractivity contribution >= 4 is 34.5 Å². The Morgan fingerprint density at radius 3 is 2.88 bits per heavy atom. The Bertz CT molecular complexity index is 334. The zero-order valence-electron chi connectivity index (χ0n) is 9.29. The molecule has 1 unspecified atom stereocenters. The van der Waals surface area contributed by atoms with E-state index in [2.05, 4.69) is 0 Å². The van der Waals surface area contributed by atoms with Crippen LogP contribution < -0.4 is 0 Å². The van der Waals surface area contributed by atoms with Gasteiger partial charge < -0.3 is 4.74 Å². The van der Waals surface area contributed by atoms with Gasteiger partial charge in [-0.05, 0) is 43.6 Å². The van der Waals surface area contributed by atoms with Crippen LogP contribution in [-0.4, -0.2) is 12.7 Å². The van der Waals surface area contributed by atoms with Gasteiger partial charge in [0.2, 0.25) is 0 Å². The first kappa shape index (κ1) is 12.7. The van der Waals surface area contributed by atoms with Crippen molar-refractivity contribution in [3.8, 4) is 0 Å². The largest absolute Gasteiger partial charge is 0.378 e. The average Bonchev–Trinajstić information content (AvgIpc) is 2.61. The number of thiophene rings is 1. The van der Waals surface area contributed by atoms with Gasteiger partial charge in [0.1, 0.15) is 0 Å². The Hall–Kier alpha value is 0.240. The molecule has 1 heterocycles. The van der Waals surface area contributed by atoms with Crippen molar-refractivity contribution in [2.75, 3.05) is 6.61 Å². The van der Waals surface area contributed by atoms with E-state index in [1.165, 1.54) is 0 Å². The van der Waals surface area contributed by atoms with Crippen molar-refractivity contribution in [2.45, 2.75) is 37.7 Å². The third kappa shape index (κ3) is 2.92. The molecule has 90 valence electrons. The molecule has 0 N–H and O–H groups in total. The molecule has 0 aliphatic heterocycles. The quantitative estimate of drug-likeness (QED) is 0.697. The summed E-state index contributed by atoms with van der Waals surface area (Å²) in [5, 5.41) is 2.88. The maximum atomic E-state index is 6.37. The molecule has 2 rings (SSSR count). The van der Waals surface area contributed by atoms with Gasteiger partial charge in [0.05, 0.1) is 16.5 Å². The second kappa shape index (κ2) is 5.72. The Morgan fingerprint density at radius 2 is 2.31 bits per heavy atom. The lowest BCUT2D eigenvalue weighted by atomic mass is 9.79. The molecule has 1 atom stereocenters. The van der Waals surface area contributed by atoms with Gasteiger partial charge in [-0.3, -0.25) is 0 Å². The molecule has 1 aromatic heterocycles. The molecule has 0 aromatic carbocycles. The zero-order chi connectivity index (χ0) is 11.5. The summed E-state index contributed by atoms with van der Waals surface area (Å²) >= 11 is 14.1. The second-order valence-electron chi connectivity index (χ2n) is 4.25. The third-order valence-corrected chi connectivity index (χ3v) is 5.06. The number of halogens is 2. The van der Waals surface area contributed by atoms with E-state index in [-0.39, 0.29) is 5.38 Å². The summed E-state index contributed by atoms with van der Waals surface area (Å²) in [5.41, 5.74) is 0. The van der Waals surface area contributed by atoms with Gasteiger partial charge in [-0.15, -0.1) is 22.9 Å². The van der Waals surface area contributed by atoms with E-state index in [9.17, 15) is 0 Å². The van der Waals surface area contributed by atoms with Gasteiger partial charge in [0.15, 0.2) is 0 Å². The molecule has 1 fully saturated rings. The van der Waals surface area contributed by atoms with Crippen LogP contribution in [-0.2, 0) is 4.74 Å². The number of hydrogen-bond acceptors (Lipinski definition) is 2. The molecule has 1 saturated carbocycles. The van der Waals surface area contributed by atoms with Crippen molar-refractivity contribution in [1.82, 2.24) is 0 Å². The molecular formula is C12H16Cl2OS. The highest BCUT2D eigenvalue weighted by atomic mass is 35.5. The summed E-state index contributed by atoms with van der Waals surface area (Å²) in [7, 11) is 0. The van der Waals surface area contributed by atoms with Gasteiger partial charge in [0.25, 0.3) is 0 Å². The Balaban J connectivity index is 1.77. The topological polar surface area (TPSA) is 9.23 Å². The lowest BCUT2D eigenvalue weighted by molar-refractivity contribution is -0.0266. The van der Waals surface area contributed by atoms with Gasteiger partial charge in [-0.1, -0.05) is 11.6 Å². The van der Waals surface area contributed by atoms with Crippen molar-refractivity contribution in [3.05, 3.63) is 21.3 Å². The van der Waals surface area contributed by atoms with Crippen LogP contribution in [0.25, 0.3) is 0 Å². The van der Waals surface area contributed by atoms with E-state index in [4.69, 9.17) is 27.9 Å². The molecule has 0 radical (unpaired) electrons. The van der Waals surface area contributed by atoms with Gasteiger partial charge in [-0.25, -0.2) is 0 Å². The Morgan fingerprint density at radius 1 is 1.56 bits per heavy atom. The first-order chi connectivity index (χ1) is 7.70. The van der Waals surface area contributed by atoms with E-state index < -0.39 is 0 Å². The first-order valence-corrected chi connectivity index (χ1v) is 7.38. The molecule has 4 heteroatoms. The molecule has 1 aliphatic carbocycles. The van der Waals surface area contributed by atoms with Crippen LogP contribution in [0.5, 0.6) is 0 Å². The summed E-state index contributed by atoms with van der Waals surface area (Å²) in [4.78, 5) is 1.11. The van der Waals surface area contributed by atoms with Gasteiger partial charge in [0, 0.05) is 11.5 Å². The molecule has 1 nitrogen and oxygen atoms in total. The lowest BCUT2D eigenvalue weighted by Crippen LogP contribution is -2.31. The van der Waals surface area contributed by atoms with Crippen LogP contribution >= 0.6 is 34.5 Å². The summed E-state index contributed by atoms with van der Waals surface area (Å²) in [6.07, 6.45) is 3.79. The van der Waals surface area contributed by atoms with Crippen molar-refractivity contribution < 1.29 is 4.74 Å². The van der Waals surface area contributed by atoms with Crippen molar-refractivity contribution in [3.63, 3.8) is 0 Å². The second-order valence-corrected chi connectivity index (χ2v) is 6.13. The predicted molar refractivity (Wildman–Crippen MR) is 70.7 cm³/mol. The maximum absolute atomic E-state index is 6.37. The van der Waals surface area contributed by atoms with E-state index in [1.54, 1.807) is 11.3 Å². The molecule has 0 spiro atoms.